The Bertz CT molecular complexity index is 619. The molecule has 18 heavy (non-hydrogen) atoms. The van der Waals surface area contributed by atoms with Crippen LogP contribution in [0.2, 0.25) is 5.02 Å². The molecule has 0 radical (unpaired) electrons. The minimum absolute atomic E-state index is 0.0000491. The van der Waals surface area contributed by atoms with Crippen LogP contribution in [0.4, 0.5) is 0 Å². The summed E-state index contributed by atoms with van der Waals surface area (Å²) in [6, 6.07) is 7.11. The van der Waals surface area contributed by atoms with Gasteiger partial charge in [-0.25, -0.2) is 4.68 Å². The summed E-state index contributed by atoms with van der Waals surface area (Å²) in [6.07, 6.45) is 0. The Balaban J connectivity index is 2.68. The number of nitrogens with two attached hydrogens (primary N) is 1. The number of oxime groups is 1. The predicted molar refractivity (Wildman–Crippen MR) is 70.6 cm³/mol. The zero-order valence-electron chi connectivity index (χ0n) is 10.1. The van der Waals surface area contributed by atoms with Gasteiger partial charge in [-0.1, -0.05) is 16.8 Å². The molecule has 0 saturated heterocycles. The topological polar surface area (TPSA) is 76.4 Å². The maximum absolute atomic E-state index is 8.82. The lowest BCUT2D eigenvalue weighted by molar-refractivity contribution is 0.318. The van der Waals surface area contributed by atoms with E-state index in [2.05, 4.69) is 10.3 Å². The lowest BCUT2D eigenvalue weighted by atomic mass is 10.1. The molecule has 6 heteroatoms. The number of rotatable bonds is 2. The monoisotopic (exact) mass is 264 g/mol. The van der Waals surface area contributed by atoms with Gasteiger partial charge in [-0.2, -0.15) is 5.10 Å². The second-order valence-corrected chi connectivity index (χ2v) is 4.42. The van der Waals surface area contributed by atoms with Crippen molar-refractivity contribution in [3.63, 3.8) is 0 Å². The second kappa shape index (κ2) is 4.70. The number of aromatic nitrogens is 2. The summed E-state index contributed by atoms with van der Waals surface area (Å²) in [7, 11) is 0. The molecule has 1 aromatic carbocycles. The molecule has 0 saturated carbocycles. The highest BCUT2D eigenvalue weighted by atomic mass is 35.5. The Morgan fingerprint density at radius 3 is 2.67 bits per heavy atom. The van der Waals surface area contributed by atoms with Crippen LogP contribution in [0.3, 0.4) is 0 Å². The molecule has 0 fully saturated rings. The molecule has 1 aromatic heterocycles. The molecule has 0 amide bonds. The number of hydrogen-bond acceptors (Lipinski definition) is 3. The summed E-state index contributed by atoms with van der Waals surface area (Å²) in [5.74, 6) is 0.0000491. The molecular formula is C12H13ClN4O. The van der Waals surface area contributed by atoms with Gasteiger partial charge in [-0.05, 0) is 38.1 Å². The highest BCUT2D eigenvalue weighted by Gasteiger charge is 2.12. The summed E-state index contributed by atoms with van der Waals surface area (Å²) < 4.78 is 1.74. The van der Waals surface area contributed by atoms with Gasteiger partial charge < -0.3 is 10.9 Å². The van der Waals surface area contributed by atoms with Crippen LogP contribution >= 0.6 is 11.6 Å². The van der Waals surface area contributed by atoms with Gasteiger partial charge in [0.1, 0.15) is 0 Å². The van der Waals surface area contributed by atoms with E-state index in [0.29, 0.717) is 10.6 Å². The lowest BCUT2D eigenvalue weighted by Crippen LogP contribution is -2.17. The van der Waals surface area contributed by atoms with Crippen LogP contribution in [-0.4, -0.2) is 20.8 Å². The van der Waals surface area contributed by atoms with Gasteiger partial charge in [0.15, 0.2) is 5.84 Å². The first-order valence-electron chi connectivity index (χ1n) is 5.34. The van der Waals surface area contributed by atoms with E-state index in [1.165, 1.54) is 0 Å². The number of benzene rings is 1. The normalized spacial score (nSPS) is 11.8. The fraction of sp³-hybridized carbons (Fsp3) is 0.167. The molecule has 0 aliphatic carbocycles. The summed E-state index contributed by atoms with van der Waals surface area (Å²) in [6.45, 7) is 3.84. The summed E-state index contributed by atoms with van der Waals surface area (Å²) in [5.41, 5.74) is 8.78. The average Bonchev–Trinajstić information content (AvgIpc) is 2.67. The van der Waals surface area contributed by atoms with Crippen molar-refractivity contribution >= 4 is 17.4 Å². The SMILES string of the molecule is Cc1cc(C)n(-c2ccc(Cl)cc2C(N)=NO)n1. The third kappa shape index (κ3) is 2.17. The third-order valence-corrected chi connectivity index (χ3v) is 2.82. The van der Waals surface area contributed by atoms with Crippen LogP contribution in [0.5, 0.6) is 0 Å². The van der Waals surface area contributed by atoms with E-state index >= 15 is 0 Å². The first-order chi connectivity index (χ1) is 8.52. The Morgan fingerprint density at radius 2 is 2.11 bits per heavy atom. The predicted octanol–water partition coefficient (Wildman–Crippen LogP) is 2.24. The highest BCUT2D eigenvalue weighted by molar-refractivity contribution is 6.31. The summed E-state index contributed by atoms with van der Waals surface area (Å²) in [4.78, 5) is 0. The van der Waals surface area contributed by atoms with Crippen molar-refractivity contribution in [2.45, 2.75) is 13.8 Å². The number of hydrogen-bond donors (Lipinski definition) is 2. The Morgan fingerprint density at radius 1 is 1.39 bits per heavy atom. The summed E-state index contributed by atoms with van der Waals surface area (Å²) >= 11 is 5.93. The van der Waals surface area contributed by atoms with Crippen LogP contribution in [-0.2, 0) is 0 Å². The van der Waals surface area contributed by atoms with Crippen LogP contribution < -0.4 is 5.73 Å². The lowest BCUT2D eigenvalue weighted by Gasteiger charge is -2.10. The van der Waals surface area contributed by atoms with E-state index < -0.39 is 0 Å². The van der Waals surface area contributed by atoms with Gasteiger partial charge in [-0.3, -0.25) is 0 Å². The first kappa shape index (κ1) is 12.4. The zero-order chi connectivity index (χ0) is 13.3. The van der Waals surface area contributed by atoms with Gasteiger partial charge in [-0.15, -0.1) is 0 Å². The zero-order valence-corrected chi connectivity index (χ0v) is 10.8. The number of halogens is 1. The van der Waals surface area contributed by atoms with E-state index in [9.17, 15) is 0 Å². The molecule has 0 spiro atoms. The quantitative estimate of drug-likeness (QED) is 0.378. The van der Waals surface area contributed by atoms with Crippen molar-refractivity contribution in [2.75, 3.05) is 0 Å². The first-order valence-corrected chi connectivity index (χ1v) is 5.72. The van der Waals surface area contributed by atoms with Crippen molar-refractivity contribution in [2.24, 2.45) is 10.9 Å². The standard InChI is InChI=1S/C12H13ClN4O/c1-7-5-8(2)17(15-7)11-4-3-9(13)6-10(11)12(14)16-18/h3-6,18H,1-2H3,(H2,14,16). The fourth-order valence-electron chi connectivity index (χ4n) is 1.82. The fourth-order valence-corrected chi connectivity index (χ4v) is 2.00. The van der Waals surface area contributed by atoms with Crippen LogP contribution in [0.1, 0.15) is 17.0 Å². The maximum Gasteiger partial charge on any atom is 0.172 e. The minimum atomic E-state index is 0.0000491. The minimum Gasteiger partial charge on any atom is -0.409 e. The van der Waals surface area contributed by atoms with Gasteiger partial charge >= 0.3 is 0 Å². The van der Waals surface area contributed by atoms with Crippen LogP contribution in [0.25, 0.3) is 5.69 Å². The van der Waals surface area contributed by atoms with Crippen LogP contribution in [0.15, 0.2) is 29.4 Å². The van der Waals surface area contributed by atoms with Crippen molar-refractivity contribution in [3.8, 4) is 5.69 Å². The number of amidine groups is 1. The van der Waals surface area contributed by atoms with Gasteiger partial charge in [0.25, 0.3) is 0 Å². The molecule has 2 rings (SSSR count). The van der Waals surface area contributed by atoms with Gasteiger partial charge in [0.2, 0.25) is 0 Å². The summed E-state index contributed by atoms with van der Waals surface area (Å²) in [5, 5.41) is 16.7. The maximum atomic E-state index is 8.82. The van der Waals surface area contributed by atoms with Crippen molar-refractivity contribution in [1.29, 1.82) is 0 Å². The Labute approximate surface area is 109 Å². The molecular weight excluding hydrogens is 252 g/mol. The van der Waals surface area contributed by atoms with Crippen LogP contribution in [0, 0.1) is 13.8 Å². The molecule has 3 N–H and O–H groups in total. The molecule has 2 aromatic rings. The van der Waals surface area contributed by atoms with Gasteiger partial charge in [0.05, 0.1) is 11.4 Å². The van der Waals surface area contributed by atoms with Crippen molar-refractivity contribution in [1.82, 2.24) is 9.78 Å². The van der Waals surface area contributed by atoms with E-state index in [0.717, 1.165) is 17.1 Å². The molecule has 0 aliphatic rings. The molecule has 0 aliphatic heterocycles. The Kier molecular flexibility index (Phi) is 3.25. The highest BCUT2D eigenvalue weighted by Crippen LogP contribution is 2.21. The van der Waals surface area contributed by atoms with Crippen molar-refractivity contribution in [3.05, 3.63) is 46.2 Å². The molecule has 94 valence electrons. The molecule has 0 unspecified atom stereocenters. The van der Waals surface area contributed by atoms with E-state index in [4.69, 9.17) is 22.5 Å². The molecule has 0 atom stereocenters. The van der Waals surface area contributed by atoms with E-state index in [1.54, 1.807) is 22.9 Å². The average molecular weight is 265 g/mol. The molecule has 1 heterocycles. The number of aryl methyl sites for hydroxylation is 2. The van der Waals surface area contributed by atoms with E-state index in [1.807, 2.05) is 19.9 Å². The largest absolute Gasteiger partial charge is 0.409 e. The smallest absolute Gasteiger partial charge is 0.172 e. The molecule has 5 nitrogen and oxygen atoms in total. The van der Waals surface area contributed by atoms with E-state index in [-0.39, 0.29) is 5.84 Å². The Hall–Kier alpha value is -2.01. The third-order valence-electron chi connectivity index (χ3n) is 2.58. The van der Waals surface area contributed by atoms with Crippen molar-refractivity contribution < 1.29 is 5.21 Å². The number of nitrogens with zero attached hydrogens (tertiary/aromatic N) is 3. The second-order valence-electron chi connectivity index (χ2n) is 3.99. The van der Waals surface area contributed by atoms with Gasteiger partial charge in [0, 0.05) is 16.3 Å². The molecule has 0 bridgehead atoms.